The molecule has 0 bridgehead atoms. The Hall–Kier alpha value is -4.24. The Morgan fingerprint density at radius 3 is 2.61 bits per heavy atom. The molecule has 0 saturated carbocycles. The molecular weight excluding hydrogens is 426 g/mol. The van der Waals surface area contributed by atoms with Crippen molar-refractivity contribution in [3.05, 3.63) is 98.6 Å². The molecule has 0 unspecified atom stereocenters. The number of esters is 1. The average Bonchev–Trinajstić information content (AvgIpc) is 2.74. The maximum atomic E-state index is 12.3. The zero-order chi connectivity index (χ0) is 22.4. The van der Waals surface area contributed by atoms with E-state index in [0.717, 1.165) is 6.07 Å². The van der Waals surface area contributed by atoms with Gasteiger partial charge in [-0.1, -0.05) is 35.9 Å². The van der Waals surface area contributed by atoms with Crippen LogP contribution in [0.1, 0.15) is 26.3 Å². The third kappa shape index (κ3) is 5.43. The van der Waals surface area contributed by atoms with Gasteiger partial charge in [-0.25, -0.2) is 10.2 Å². The van der Waals surface area contributed by atoms with Crippen LogP contribution in [0.15, 0.2) is 71.8 Å². The molecule has 3 rings (SSSR count). The molecule has 31 heavy (non-hydrogen) atoms. The fourth-order valence-corrected chi connectivity index (χ4v) is 2.68. The van der Waals surface area contributed by atoms with Crippen molar-refractivity contribution in [2.75, 3.05) is 0 Å². The molecule has 0 fully saturated rings. The number of para-hydroxylation sites is 1. The number of phenols is 1. The lowest BCUT2D eigenvalue weighted by atomic mass is 10.2. The number of rotatable bonds is 6. The van der Waals surface area contributed by atoms with Gasteiger partial charge in [-0.05, 0) is 42.0 Å². The van der Waals surface area contributed by atoms with Gasteiger partial charge in [-0.2, -0.15) is 5.10 Å². The Bertz CT molecular complexity index is 1200. The fraction of sp³-hybridized carbons (Fsp3) is 0. The van der Waals surface area contributed by atoms with Crippen molar-refractivity contribution in [1.82, 2.24) is 5.43 Å². The minimum Gasteiger partial charge on any atom is -0.507 e. The topological polar surface area (TPSA) is 131 Å². The first-order valence-corrected chi connectivity index (χ1v) is 9.10. The van der Waals surface area contributed by atoms with Gasteiger partial charge in [0.2, 0.25) is 0 Å². The number of hydrazone groups is 1. The highest BCUT2D eigenvalue weighted by Gasteiger charge is 2.17. The lowest BCUT2D eigenvalue weighted by molar-refractivity contribution is -0.384. The van der Waals surface area contributed by atoms with Gasteiger partial charge in [0.15, 0.2) is 0 Å². The number of nitrogens with one attached hydrogen (secondary N) is 1. The van der Waals surface area contributed by atoms with Crippen molar-refractivity contribution in [3.63, 3.8) is 0 Å². The summed E-state index contributed by atoms with van der Waals surface area (Å²) in [5.41, 5.74) is 2.41. The monoisotopic (exact) mass is 439 g/mol. The van der Waals surface area contributed by atoms with E-state index in [-0.39, 0.29) is 27.6 Å². The summed E-state index contributed by atoms with van der Waals surface area (Å²) in [6, 6.07) is 15.9. The Morgan fingerprint density at radius 2 is 1.87 bits per heavy atom. The Labute approximate surface area is 180 Å². The van der Waals surface area contributed by atoms with Crippen molar-refractivity contribution in [3.8, 4) is 11.5 Å². The summed E-state index contributed by atoms with van der Waals surface area (Å²) in [5.74, 6) is -1.41. The van der Waals surface area contributed by atoms with Crippen LogP contribution >= 0.6 is 11.6 Å². The number of carbonyl (C=O) groups is 2. The van der Waals surface area contributed by atoms with Crippen molar-refractivity contribution in [1.29, 1.82) is 0 Å². The molecule has 0 heterocycles. The molecule has 9 nitrogen and oxygen atoms in total. The predicted molar refractivity (Wildman–Crippen MR) is 113 cm³/mol. The standard InChI is InChI=1S/C21H14ClN3O6/c22-17-9-8-14(11-18(17)25(29)30)21(28)31-15-5-3-4-13(10-15)12-23-24-20(27)16-6-1-2-7-19(16)26/h1-12,26H,(H,24,27)/b23-12-. The molecule has 0 spiro atoms. The van der Waals surface area contributed by atoms with E-state index in [1.165, 1.54) is 42.6 Å². The Kier molecular flexibility index (Phi) is 6.58. The lowest BCUT2D eigenvalue weighted by Crippen LogP contribution is -2.17. The minimum absolute atomic E-state index is 0.0369. The first-order valence-electron chi connectivity index (χ1n) is 8.73. The highest BCUT2D eigenvalue weighted by atomic mass is 35.5. The minimum atomic E-state index is -0.804. The van der Waals surface area contributed by atoms with Crippen LogP contribution in [0.3, 0.4) is 0 Å². The van der Waals surface area contributed by atoms with E-state index in [0.29, 0.717) is 5.56 Å². The molecule has 0 radical (unpaired) electrons. The van der Waals surface area contributed by atoms with E-state index < -0.39 is 22.5 Å². The third-order valence-electron chi connectivity index (χ3n) is 3.98. The average molecular weight is 440 g/mol. The molecule has 10 heteroatoms. The molecule has 0 saturated heterocycles. The van der Waals surface area contributed by atoms with E-state index in [9.17, 15) is 24.8 Å². The maximum absolute atomic E-state index is 12.3. The molecule has 0 aliphatic rings. The summed E-state index contributed by atoms with van der Waals surface area (Å²) >= 11 is 5.74. The van der Waals surface area contributed by atoms with Crippen LogP contribution in [0.4, 0.5) is 5.69 Å². The van der Waals surface area contributed by atoms with Crippen LogP contribution in [0.5, 0.6) is 11.5 Å². The molecule has 3 aromatic rings. The number of carbonyl (C=O) groups excluding carboxylic acids is 2. The number of ether oxygens (including phenoxy) is 1. The smallest absolute Gasteiger partial charge is 0.343 e. The van der Waals surface area contributed by atoms with E-state index >= 15 is 0 Å². The molecular formula is C21H14ClN3O6. The fourth-order valence-electron chi connectivity index (χ4n) is 2.50. The van der Waals surface area contributed by atoms with Crippen molar-refractivity contribution < 1.29 is 24.4 Å². The quantitative estimate of drug-likeness (QED) is 0.196. The van der Waals surface area contributed by atoms with Crippen LogP contribution in [0.2, 0.25) is 5.02 Å². The summed E-state index contributed by atoms with van der Waals surface area (Å²) < 4.78 is 5.24. The lowest BCUT2D eigenvalue weighted by Gasteiger charge is -2.06. The van der Waals surface area contributed by atoms with Gasteiger partial charge >= 0.3 is 5.97 Å². The van der Waals surface area contributed by atoms with Gasteiger partial charge in [0.25, 0.3) is 11.6 Å². The number of phenolic OH excluding ortho intramolecular Hbond substituents is 1. The van der Waals surface area contributed by atoms with Gasteiger partial charge in [0.1, 0.15) is 16.5 Å². The van der Waals surface area contributed by atoms with Crippen LogP contribution in [0, 0.1) is 10.1 Å². The van der Waals surface area contributed by atoms with Gasteiger partial charge in [0, 0.05) is 6.07 Å². The molecule has 0 aliphatic heterocycles. The largest absolute Gasteiger partial charge is 0.507 e. The van der Waals surface area contributed by atoms with E-state index in [4.69, 9.17) is 16.3 Å². The summed E-state index contributed by atoms with van der Waals surface area (Å²) in [4.78, 5) is 34.6. The molecule has 3 aromatic carbocycles. The van der Waals surface area contributed by atoms with Crippen molar-refractivity contribution in [2.24, 2.45) is 5.10 Å². The zero-order valence-electron chi connectivity index (χ0n) is 15.7. The van der Waals surface area contributed by atoms with Crippen molar-refractivity contribution in [2.45, 2.75) is 0 Å². The van der Waals surface area contributed by atoms with E-state index in [2.05, 4.69) is 10.5 Å². The van der Waals surface area contributed by atoms with E-state index in [1.54, 1.807) is 24.3 Å². The molecule has 0 atom stereocenters. The number of amides is 1. The molecule has 1 amide bonds. The second-order valence-electron chi connectivity index (χ2n) is 6.10. The number of nitro benzene ring substituents is 1. The number of nitrogens with zero attached hydrogens (tertiary/aromatic N) is 2. The Balaban J connectivity index is 1.68. The van der Waals surface area contributed by atoms with Crippen LogP contribution < -0.4 is 10.2 Å². The molecule has 2 N–H and O–H groups in total. The highest BCUT2D eigenvalue weighted by Crippen LogP contribution is 2.26. The molecule has 0 aromatic heterocycles. The number of hydrogen-bond acceptors (Lipinski definition) is 7. The highest BCUT2D eigenvalue weighted by molar-refractivity contribution is 6.32. The summed E-state index contributed by atoms with van der Waals surface area (Å²) in [7, 11) is 0. The third-order valence-corrected chi connectivity index (χ3v) is 4.30. The Morgan fingerprint density at radius 1 is 1.10 bits per heavy atom. The summed E-state index contributed by atoms with van der Waals surface area (Å²) in [6.07, 6.45) is 1.32. The van der Waals surface area contributed by atoms with Gasteiger partial charge in [-0.3, -0.25) is 14.9 Å². The molecule has 0 aliphatic carbocycles. The van der Waals surface area contributed by atoms with E-state index in [1.807, 2.05) is 0 Å². The van der Waals surface area contributed by atoms with Gasteiger partial charge < -0.3 is 9.84 Å². The second-order valence-corrected chi connectivity index (χ2v) is 6.51. The zero-order valence-corrected chi connectivity index (χ0v) is 16.4. The van der Waals surface area contributed by atoms with Crippen molar-refractivity contribution >= 4 is 35.4 Å². The van der Waals surface area contributed by atoms with Crippen LogP contribution in [0.25, 0.3) is 0 Å². The second kappa shape index (κ2) is 9.51. The number of aromatic hydroxyl groups is 1. The number of benzene rings is 3. The van der Waals surface area contributed by atoms with Crippen LogP contribution in [-0.4, -0.2) is 28.1 Å². The van der Waals surface area contributed by atoms with Crippen LogP contribution in [-0.2, 0) is 0 Å². The predicted octanol–water partition coefficient (Wildman–Crippen LogP) is 3.94. The molecule has 156 valence electrons. The first kappa shape index (κ1) is 21.5. The van der Waals surface area contributed by atoms with Gasteiger partial charge in [0.05, 0.1) is 22.3 Å². The SMILES string of the molecule is O=C(Oc1cccc(/C=N\NC(=O)c2ccccc2O)c1)c1ccc(Cl)c([N+](=O)[O-])c1. The van der Waals surface area contributed by atoms with Gasteiger partial charge in [-0.15, -0.1) is 0 Å². The first-order chi connectivity index (χ1) is 14.8. The number of nitro groups is 1. The number of hydrogen-bond donors (Lipinski definition) is 2. The normalized spacial score (nSPS) is 10.6. The number of halogens is 1. The summed E-state index contributed by atoms with van der Waals surface area (Å²) in [5, 5.41) is 24.4. The summed E-state index contributed by atoms with van der Waals surface area (Å²) in [6.45, 7) is 0. The maximum Gasteiger partial charge on any atom is 0.343 e.